The van der Waals surface area contributed by atoms with Crippen molar-refractivity contribution in [3.8, 4) is 0 Å². The molecular formula is C16H20Cl2N2S. The molecule has 0 amide bonds. The summed E-state index contributed by atoms with van der Waals surface area (Å²) in [7, 11) is 2.03. The lowest BCUT2D eigenvalue weighted by Crippen LogP contribution is -2.21. The van der Waals surface area contributed by atoms with E-state index in [1.807, 2.05) is 25.2 Å². The average molecular weight is 343 g/mol. The van der Waals surface area contributed by atoms with Crippen LogP contribution in [0.25, 0.3) is 0 Å². The number of thiophene rings is 1. The fourth-order valence-electron chi connectivity index (χ4n) is 2.19. The normalized spacial score (nSPS) is 12.4. The quantitative estimate of drug-likeness (QED) is 0.802. The Kier molecular flexibility index (Phi) is 5.94. The van der Waals surface area contributed by atoms with E-state index in [2.05, 4.69) is 24.0 Å². The van der Waals surface area contributed by atoms with Gasteiger partial charge in [-0.15, -0.1) is 11.3 Å². The Labute approximate surface area is 140 Å². The highest BCUT2D eigenvalue weighted by molar-refractivity contribution is 7.16. The van der Waals surface area contributed by atoms with Crippen LogP contribution in [0.1, 0.15) is 23.8 Å². The lowest BCUT2D eigenvalue weighted by molar-refractivity contribution is 0.646. The van der Waals surface area contributed by atoms with Crippen LogP contribution in [0.4, 0.5) is 5.69 Å². The van der Waals surface area contributed by atoms with Crippen molar-refractivity contribution in [3.05, 3.63) is 50.1 Å². The van der Waals surface area contributed by atoms with Gasteiger partial charge >= 0.3 is 0 Å². The standard InChI is InChI=1S/C16H20Cl2N2S/c1-3-12(19)8-11-4-6-15(14(17)9-11)20(2)10-13-5-7-16(18)21-13/h4-7,9,12H,3,8,10,19H2,1-2H3. The number of halogens is 2. The first-order chi connectivity index (χ1) is 9.99. The molecule has 2 aromatic rings. The molecule has 1 aromatic carbocycles. The Bertz CT molecular complexity index is 598. The zero-order chi connectivity index (χ0) is 15.4. The summed E-state index contributed by atoms with van der Waals surface area (Å²) < 4.78 is 0.813. The summed E-state index contributed by atoms with van der Waals surface area (Å²) in [5, 5.41) is 0.765. The van der Waals surface area contributed by atoms with Crippen LogP contribution < -0.4 is 10.6 Å². The van der Waals surface area contributed by atoms with Crippen LogP contribution in [0.2, 0.25) is 9.36 Å². The van der Waals surface area contributed by atoms with Crippen molar-refractivity contribution in [1.29, 1.82) is 0 Å². The number of nitrogens with two attached hydrogens (primary N) is 1. The molecule has 0 aliphatic rings. The fourth-order valence-corrected chi connectivity index (χ4v) is 3.68. The summed E-state index contributed by atoms with van der Waals surface area (Å²) >= 11 is 14.0. The molecule has 114 valence electrons. The van der Waals surface area contributed by atoms with Gasteiger partial charge in [0.2, 0.25) is 0 Å². The van der Waals surface area contributed by atoms with Crippen LogP contribution >= 0.6 is 34.5 Å². The predicted molar refractivity (Wildman–Crippen MR) is 94.9 cm³/mol. The van der Waals surface area contributed by atoms with Gasteiger partial charge in [0.05, 0.1) is 21.6 Å². The van der Waals surface area contributed by atoms with Crippen molar-refractivity contribution in [1.82, 2.24) is 0 Å². The smallest absolute Gasteiger partial charge is 0.0931 e. The monoisotopic (exact) mass is 342 g/mol. The molecule has 5 heteroatoms. The molecule has 0 aliphatic heterocycles. The van der Waals surface area contributed by atoms with Crippen molar-refractivity contribution >= 4 is 40.2 Å². The highest BCUT2D eigenvalue weighted by Crippen LogP contribution is 2.29. The minimum Gasteiger partial charge on any atom is -0.368 e. The Morgan fingerprint density at radius 3 is 2.57 bits per heavy atom. The van der Waals surface area contributed by atoms with Crippen molar-refractivity contribution in [2.24, 2.45) is 5.73 Å². The lowest BCUT2D eigenvalue weighted by Gasteiger charge is -2.20. The van der Waals surface area contributed by atoms with E-state index in [0.29, 0.717) is 0 Å². The predicted octanol–water partition coefficient (Wildman–Crippen LogP) is 4.97. The topological polar surface area (TPSA) is 29.3 Å². The first kappa shape index (κ1) is 16.6. The molecule has 0 bridgehead atoms. The maximum absolute atomic E-state index is 6.42. The minimum absolute atomic E-state index is 0.193. The van der Waals surface area contributed by atoms with Crippen LogP contribution in [0.3, 0.4) is 0 Å². The summed E-state index contributed by atoms with van der Waals surface area (Å²) in [4.78, 5) is 3.35. The van der Waals surface area contributed by atoms with Gasteiger partial charge in [-0.3, -0.25) is 0 Å². The average Bonchev–Trinajstić information content (AvgIpc) is 2.83. The fraction of sp³-hybridized carbons (Fsp3) is 0.375. The van der Waals surface area contributed by atoms with Crippen LogP contribution in [0, 0.1) is 0 Å². The second-order valence-electron chi connectivity index (χ2n) is 5.22. The number of anilines is 1. The summed E-state index contributed by atoms with van der Waals surface area (Å²) in [6.45, 7) is 2.89. The van der Waals surface area contributed by atoms with E-state index in [1.54, 1.807) is 11.3 Å². The number of hydrogen-bond acceptors (Lipinski definition) is 3. The molecule has 0 radical (unpaired) electrons. The van der Waals surface area contributed by atoms with Gasteiger partial charge in [0.15, 0.2) is 0 Å². The van der Waals surface area contributed by atoms with Crippen molar-refractivity contribution in [2.75, 3.05) is 11.9 Å². The van der Waals surface area contributed by atoms with E-state index in [0.717, 1.165) is 34.4 Å². The second kappa shape index (κ2) is 7.50. The van der Waals surface area contributed by atoms with Gasteiger partial charge in [-0.1, -0.05) is 36.2 Å². The van der Waals surface area contributed by atoms with E-state index in [1.165, 1.54) is 10.4 Å². The number of nitrogens with zero attached hydrogens (tertiary/aromatic N) is 1. The first-order valence-electron chi connectivity index (χ1n) is 6.99. The van der Waals surface area contributed by atoms with E-state index in [9.17, 15) is 0 Å². The van der Waals surface area contributed by atoms with Crippen molar-refractivity contribution in [2.45, 2.75) is 32.4 Å². The van der Waals surface area contributed by atoms with Crippen LogP contribution in [-0.4, -0.2) is 13.1 Å². The van der Waals surface area contributed by atoms with E-state index < -0.39 is 0 Å². The van der Waals surface area contributed by atoms with Gasteiger partial charge in [0.1, 0.15) is 0 Å². The van der Waals surface area contributed by atoms with Gasteiger partial charge in [0.25, 0.3) is 0 Å². The van der Waals surface area contributed by atoms with Crippen LogP contribution in [0.5, 0.6) is 0 Å². The molecule has 1 unspecified atom stereocenters. The van der Waals surface area contributed by atoms with Gasteiger partial charge < -0.3 is 10.6 Å². The number of hydrogen-bond donors (Lipinski definition) is 1. The highest BCUT2D eigenvalue weighted by Gasteiger charge is 2.10. The van der Waals surface area contributed by atoms with E-state index in [-0.39, 0.29) is 6.04 Å². The summed E-state index contributed by atoms with van der Waals surface area (Å²) in [6, 6.07) is 10.4. The third-order valence-corrected chi connectivity index (χ3v) is 4.99. The Hall–Kier alpha value is -0.740. The SMILES string of the molecule is CCC(N)Cc1ccc(N(C)Cc2ccc(Cl)s2)c(Cl)c1. The largest absolute Gasteiger partial charge is 0.368 e. The third-order valence-electron chi connectivity index (χ3n) is 3.47. The molecule has 1 aromatic heterocycles. The molecule has 2 rings (SSSR count). The zero-order valence-electron chi connectivity index (χ0n) is 12.3. The Balaban J connectivity index is 2.09. The van der Waals surface area contributed by atoms with E-state index in [4.69, 9.17) is 28.9 Å². The maximum atomic E-state index is 6.42. The minimum atomic E-state index is 0.193. The lowest BCUT2D eigenvalue weighted by atomic mass is 10.0. The Morgan fingerprint density at radius 1 is 1.24 bits per heavy atom. The van der Waals surface area contributed by atoms with Crippen molar-refractivity contribution < 1.29 is 0 Å². The molecule has 0 spiro atoms. The molecule has 0 aliphatic carbocycles. The molecule has 2 nitrogen and oxygen atoms in total. The molecular weight excluding hydrogens is 323 g/mol. The maximum Gasteiger partial charge on any atom is 0.0931 e. The van der Waals surface area contributed by atoms with Crippen molar-refractivity contribution in [3.63, 3.8) is 0 Å². The molecule has 0 fully saturated rings. The summed E-state index contributed by atoms with van der Waals surface area (Å²) in [5.41, 5.74) is 8.20. The molecule has 2 N–H and O–H groups in total. The van der Waals surface area contributed by atoms with E-state index >= 15 is 0 Å². The highest BCUT2D eigenvalue weighted by atomic mass is 35.5. The molecule has 21 heavy (non-hydrogen) atoms. The zero-order valence-corrected chi connectivity index (χ0v) is 14.6. The van der Waals surface area contributed by atoms with Gasteiger partial charge in [0, 0.05) is 18.0 Å². The Morgan fingerprint density at radius 2 is 2.00 bits per heavy atom. The van der Waals surface area contributed by atoms with Gasteiger partial charge in [-0.05, 0) is 42.7 Å². The summed E-state index contributed by atoms with van der Waals surface area (Å²) in [5.74, 6) is 0. The third kappa shape index (κ3) is 4.62. The van der Waals surface area contributed by atoms with Gasteiger partial charge in [-0.2, -0.15) is 0 Å². The van der Waals surface area contributed by atoms with Crippen LogP contribution in [0.15, 0.2) is 30.3 Å². The molecule has 1 atom stereocenters. The number of rotatable bonds is 6. The second-order valence-corrected chi connectivity index (χ2v) is 7.43. The van der Waals surface area contributed by atoms with Gasteiger partial charge in [-0.25, -0.2) is 0 Å². The molecule has 0 saturated heterocycles. The number of benzene rings is 1. The molecule has 0 saturated carbocycles. The van der Waals surface area contributed by atoms with Crippen LogP contribution in [-0.2, 0) is 13.0 Å². The molecule has 1 heterocycles. The first-order valence-corrected chi connectivity index (χ1v) is 8.56. The summed E-state index contributed by atoms with van der Waals surface area (Å²) in [6.07, 6.45) is 1.83.